The molecule has 0 amide bonds. The van der Waals surface area contributed by atoms with E-state index in [4.69, 9.17) is 15.2 Å². The number of nitrogens with two attached hydrogens (primary N) is 1. The van der Waals surface area contributed by atoms with E-state index in [-0.39, 0.29) is 0 Å². The van der Waals surface area contributed by atoms with E-state index < -0.39 is 0 Å². The van der Waals surface area contributed by atoms with Crippen LogP contribution in [0.5, 0.6) is 0 Å². The molecule has 0 aliphatic rings. The fourth-order valence-electron chi connectivity index (χ4n) is 1.80. The maximum absolute atomic E-state index is 5.97. The highest BCUT2D eigenvalue weighted by molar-refractivity contribution is 5.88. The number of nitrogen functional groups attached to an aromatic ring is 1. The molecule has 0 saturated heterocycles. The Morgan fingerprint density at radius 3 is 3.05 bits per heavy atom. The molecule has 1 aromatic heterocycles. The van der Waals surface area contributed by atoms with Crippen LogP contribution >= 0.6 is 0 Å². The van der Waals surface area contributed by atoms with Crippen molar-refractivity contribution in [1.29, 1.82) is 0 Å². The van der Waals surface area contributed by atoms with Crippen LogP contribution in [-0.2, 0) is 9.47 Å². The second-order valence-corrected chi connectivity index (χ2v) is 4.28. The zero-order valence-corrected chi connectivity index (χ0v) is 11.1. The van der Waals surface area contributed by atoms with Gasteiger partial charge in [-0.2, -0.15) is 5.10 Å². The Labute approximate surface area is 112 Å². The van der Waals surface area contributed by atoms with Crippen molar-refractivity contribution in [1.82, 2.24) is 10.2 Å². The van der Waals surface area contributed by atoms with Gasteiger partial charge < -0.3 is 20.5 Å². The topological polar surface area (TPSA) is 85.2 Å². The third-order valence-corrected chi connectivity index (χ3v) is 2.82. The fourth-order valence-corrected chi connectivity index (χ4v) is 1.80. The minimum atomic E-state index is 0.636. The van der Waals surface area contributed by atoms with Gasteiger partial charge in [-0.1, -0.05) is 0 Å². The average Bonchev–Trinajstić information content (AvgIpc) is 2.84. The zero-order valence-electron chi connectivity index (χ0n) is 11.1. The quantitative estimate of drug-likeness (QED) is 0.498. The number of ether oxygens (including phenoxy) is 2. The maximum Gasteiger partial charge on any atom is 0.0700 e. The molecule has 6 heteroatoms. The summed E-state index contributed by atoms with van der Waals surface area (Å²) in [5, 5.41) is 11.2. The van der Waals surface area contributed by atoms with Gasteiger partial charge >= 0.3 is 0 Å². The Hall–Kier alpha value is -1.79. The van der Waals surface area contributed by atoms with Gasteiger partial charge in [0.25, 0.3) is 0 Å². The summed E-state index contributed by atoms with van der Waals surface area (Å²) in [5.41, 5.74) is 8.61. The highest BCUT2D eigenvalue weighted by atomic mass is 16.5. The van der Waals surface area contributed by atoms with Crippen molar-refractivity contribution in [3.8, 4) is 0 Å². The lowest BCUT2D eigenvalue weighted by molar-refractivity contribution is 0.0705. The Kier molecular flexibility index (Phi) is 5.00. The van der Waals surface area contributed by atoms with E-state index in [1.165, 1.54) is 0 Å². The first-order valence-corrected chi connectivity index (χ1v) is 6.34. The monoisotopic (exact) mass is 264 g/mol. The molecule has 104 valence electrons. The number of hydrogen-bond donors (Lipinski definition) is 3. The standard InChI is InChI=1S/C13H20N4O2/c1-18-5-6-19-4-2-3-15-13-8-12-10(7-11(13)14)9-16-17-12/h7-9,15H,2-6,14H2,1H3,(H,16,17). The molecule has 0 bridgehead atoms. The SMILES string of the molecule is COCCOCCCNc1cc2[nH]ncc2cc1N. The molecule has 0 fully saturated rings. The lowest BCUT2D eigenvalue weighted by Gasteiger charge is -2.09. The number of aromatic amines is 1. The summed E-state index contributed by atoms with van der Waals surface area (Å²) >= 11 is 0. The molecule has 2 aromatic rings. The van der Waals surface area contributed by atoms with E-state index in [0.717, 1.165) is 35.2 Å². The zero-order chi connectivity index (χ0) is 13.5. The van der Waals surface area contributed by atoms with Crippen molar-refractivity contribution in [2.75, 3.05) is 44.5 Å². The largest absolute Gasteiger partial charge is 0.397 e. The number of rotatable bonds is 8. The van der Waals surface area contributed by atoms with Gasteiger partial charge in [-0.25, -0.2) is 0 Å². The van der Waals surface area contributed by atoms with Crippen LogP contribution in [-0.4, -0.2) is 43.7 Å². The highest BCUT2D eigenvalue weighted by Crippen LogP contribution is 2.24. The molecule has 1 heterocycles. The summed E-state index contributed by atoms with van der Waals surface area (Å²) in [4.78, 5) is 0. The fraction of sp³-hybridized carbons (Fsp3) is 0.462. The summed E-state index contributed by atoms with van der Waals surface area (Å²) in [6.07, 6.45) is 2.68. The Morgan fingerprint density at radius 1 is 1.32 bits per heavy atom. The predicted molar refractivity (Wildman–Crippen MR) is 76.3 cm³/mol. The van der Waals surface area contributed by atoms with E-state index in [2.05, 4.69) is 15.5 Å². The molecular weight excluding hydrogens is 244 g/mol. The average molecular weight is 264 g/mol. The summed E-state index contributed by atoms with van der Waals surface area (Å²) in [6.45, 7) is 2.80. The van der Waals surface area contributed by atoms with E-state index in [1.807, 2.05) is 12.1 Å². The maximum atomic E-state index is 5.97. The van der Waals surface area contributed by atoms with Crippen LogP contribution in [0.3, 0.4) is 0 Å². The summed E-state index contributed by atoms with van der Waals surface area (Å²) in [6, 6.07) is 3.89. The first kappa shape index (κ1) is 13.6. The first-order valence-electron chi connectivity index (χ1n) is 6.34. The minimum Gasteiger partial charge on any atom is -0.397 e. The number of benzene rings is 1. The summed E-state index contributed by atoms with van der Waals surface area (Å²) in [7, 11) is 1.67. The number of H-pyrrole nitrogens is 1. The third-order valence-electron chi connectivity index (χ3n) is 2.82. The number of nitrogens with zero attached hydrogens (tertiary/aromatic N) is 1. The van der Waals surface area contributed by atoms with Crippen LogP contribution in [0, 0.1) is 0 Å². The van der Waals surface area contributed by atoms with Gasteiger partial charge in [0, 0.05) is 25.6 Å². The van der Waals surface area contributed by atoms with E-state index in [1.54, 1.807) is 13.3 Å². The van der Waals surface area contributed by atoms with Crippen molar-refractivity contribution in [3.63, 3.8) is 0 Å². The number of aromatic nitrogens is 2. The molecule has 0 aliphatic heterocycles. The second-order valence-electron chi connectivity index (χ2n) is 4.28. The molecule has 0 saturated carbocycles. The second kappa shape index (κ2) is 6.96. The van der Waals surface area contributed by atoms with Crippen LogP contribution in [0.4, 0.5) is 11.4 Å². The van der Waals surface area contributed by atoms with E-state index in [0.29, 0.717) is 19.8 Å². The molecule has 4 N–H and O–H groups in total. The molecular formula is C13H20N4O2. The molecule has 6 nitrogen and oxygen atoms in total. The van der Waals surface area contributed by atoms with Crippen molar-refractivity contribution in [3.05, 3.63) is 18.3 Å². The van der Waals surface area contributed by atoms with Crippen molar-refractivity contribution in [2.24, 2.45) is 0 Å². The summed E-state index contributed by atoms with van der Waals surface area (Å²) in [5.74, 6) is 0. The normalized spacial score (nSPS) is 11.0. The van der Waals surface area contributed by atoms with Gasteiger partial charge in [0.2, 0.25) is 0 Å². The third kappa shape index (κ3) is 3.84. The van der Waals surface area contributed by atoms with Gasteiger partial charge in [-0.3, -0.25) is 5.10 Å². The van der Waals surface area contributed by atoms with E-state index in [9.17, 15) is 0 Å². The van der Waals surface area contributed by atoms with E-state index >= 15 is 0 Å². The molecule has 19 heavy (non-hydrogen) atoms. The highest BCUT2D eigenvalue weighted by Gasteiger charge is 2.03. The summed E-state index contributed by atoms with van der Waals surface area (Å²) < 4.78 is 10.3. The van der Waals surface area contributed by atoms with Gasteiger partial charge in [-0.05, 0) is 18.6 Å². The molecule has 0 aliphatic carbocycles. The smallest absolute Gasteiger partial charge is 0.0700 e. The molecule has 1 aromatic carbocycles. The lowest BCUT2D eigenvalue weighted by atomic mass is 10.2. The first-order chi connectivity index (χ1) is 9.31. The number of fused-ring (bicyclic) bond motifs is 1. The van der Waals surface area contributed by atoms with Crippen LogP contribution < -0.4 is 11.1 Å². The van der Waals surface area contributed by atoms with Crippen LogP contribution in [0.15, 0.2) is 18.3 Å². The molecule has 2 rings (SSSR count). The predicted octanol–water partition coefficient (Wildman–Crippen LogP) is 1.61. The number of anilines is 2. The molecule has 0 atom stereocenters. The van der Waals surface area contributed by atoms with Gasteiger partial charge in [-0.15, -0.1) is 0 Å². The van der Waals surface area contributed by atoms with Gasteiger partial charge in [0.1, 0.15) is 0 Å². The number of hydrogen-bond acceptors (Lipinski definition) is 5. The number of nitrogens with one attached hydrogen (secondary N) is 2. The molecule has 0 unspecified atom stereocenters. The van der Waals surface area contributed by atoms with Gasteiger partial charge in [0.15, 0.2) is 0 Å². The Balaban J connectivity index is 1.76. The Bertz CT molecular complexity index is 512. The molecule has 0 spiro atoms. The lowest BCUT2D eigenvalue weighted by Crippen LogP contribution is -2.09. The molecule has 0 radical (unpaired) electrons. The minimum absolute atomic E-state index is 0.636. The van der Waals surface area contributed by atoms with Crippen LogP contribution in [0.1, 0.15) is 6.42 Å². The van der Waals surface area contributed by atoms with Crippen molar-refractivity contribution in [2.45, 2.75) is 6.42 Å². The van der Waals surface area contributed by atoms with Crippen molar-refractivity contribution < 1.29 is 9.47 Å². The number of methoxy groups -OCH3 is 1. The van der Waals surface area contributed by atoms with Crippen LogP contribution in [0.2, 0.25) is 0 Å². The van der Waals surface area contributed by atoms with Crippen LogP contribution in [0.25, 0.3) is 10.9 Å². The van der Waals surface area contributed by atoms with Crippen molar-refractivity contribution >= 4 is 22.3 Å². The Morgan fingerprint density at radius 2 is 2.21 bits per heavy atom. The van der Waals surface area contributed by atoms with Gasteiger partial charge in [0.05, 0.1) is 36.3 Å².